The molecular weight excluding hydrogens is 194 g/mol. The molecule has 0 saturated carbocycles. The van der Waals surface area contributed by atoms with E-state index < -0.39 is 6.61 Å². The van der Waals surface area contributed by atoms with Crippen molar-refractivity contribution >= 4 is 12.2 Å². The summed E-state index contributed by atoms with van der Waals surface area (Å²) in [5.74, 6) is -0.301. The number of nitrogens with zero attached hydrogens (tertiary/aromatic N) is 1. The Morgan fingerprint density at radius 1 is 1.40 bits per heavy atom. The first-order chi connectivity index (χ1) is 7.17. The summed E-state index contributed by atoms with van der Waals surface area (Å²) in [5, 5.41) is 8.64. The third-order valence-corrected chi connectivity index (χ3v) is 2.03. The van der Waals surface area contributed by atoms with Gasteiger partial charge in [-0.2, -0.15) is 0 Å². The standard InChI is InChI=1S/C11H13NO3/c1-12(8-14)6-9-2-4-10(5-3-9)11(15)7-13/h2-5,8,13H,6-7H2,1H3. The number of carbonyl (C=O) groups excluding carboxylic acids is 2. The van der Waals surface area contributed by atoms with E-state index in [4.69, 9.17) is 5.11 Å². The van der Waals surface area contributed by atoms with Crippen LogP contribution in [-0.4, -0.2) is 35.9 Å². The minimum Gasteiger partial charge on any atom is -0.388 e. The zero-order chi connectivity index (χ0) is 11.3. The number of carbonyl (C=O) groups is 2. The summed E-state index contributed by atoms with van der Waals surface area (Å²) in [5.41, 5.74) is 1.43. The van der Waals surface area contributed by atoms with Gasteiger partial charge in [-0.25, -0.2) is 0 Å². The quantitative estimate of drug-likeness (QED) is 0.563. The number of Topliss-reactive ketones (excluding diaryl/α,β-unsaturated/α-hetero) is 1. The Kier molecular flexibility index (Phi) is 4.00. The molecule has 0 spiro atoms. The van der Waals surface area contributed by atoms with E-state index in [1.807, 2.05) is 0 Å². The molecule has 1 aromatic carbocycles. The maximum Gasteiger partial charge on any atom is 0.209 e. The van der Waals surface area contributed by atoms with Crippen molar-refractivity contribution < 1.29 is 14.7 Å². The average Bonchev–Trinajstić information content (AvgIpc) is 2.29. The summed E-state index contributed by atoms with van der Waals surface area (Å²) in [6.45, 7) is 0.0324. The van der Waals surface area contributed by atoms with E-state index in [9.17, 15) is 9.59 Å². The molecule has 0 aliphatic rings. The molecule has 0 unspecified atom stereocenters. The van der Waals surface area contributed by atoms with E-state index in [1.54, 1.807) is 31.3 Å². The number of hydrogen-bond acceptors (Lipinski definition) is 3. The summed E-state index contributed by atoms with van der Waals surface area (Å²) in [6, 6.07) is 6.82. The van der Waals surface area contributed by atoms with Crippen LogP contribution in [0.2, 0.25) is 0 Å². The van der Waals surface area contributed by atoms with Crippen LogP contribution < -0.4 is 0 Å². The number of aliphatic hydroxyl groups is 1. The lowest BCUT2D eigenvalue weighted by Crippen LogP contribution is -2.15. The molecule has 0 fully saturated rings. The smallest absolute Gasteiger partial charge is 0.209 e. The Morgan fingerprint density at radius 2 is 2.00 bits per heavy atom. The fraction of sp³-hybridized carbons (Fsp3) is 0.273. The van der Waals surface area contributed by atoms with Gasteiger partial charge in [0.1, 0.15) is 6.61 Å². The Hall–Kier alpha value is -1.68. The normalized spacial score (nSPS) is 9.73. The number of aliphatic hydroxyl groups excluding tert-OH is 1. The maximum absolute atomic E-state index is 11.1. The van der Waals surface area contributed by atoms with Crippen molar-refractivity contribution in [3.8, 4) is 0 Å². The van der Waals surface area contributed by atoms with Crippen LogP contribution in [0.15, 0.2) is 24.3 Å². The van der Waals surface area contributed by atoms with Crippen LogP contribution in [0.3, 0.4) is 0 Å². The number of rotatable bonds is 5. The molecule has 0 aromatic heterocycles. The van der Waals surface area contributed by atoms with Gasteiger partial charge in [-0.05, 0) is 5.56 Å². The van der Waals surface area contributed by atoms with Gasteiger partial charge < -0.3 is 10.0 Å². The predicted molar refractivity (Wildman–Crippen MR) is 55.4 cm³/mol. The molecule has 1 amide bonds. The topological polar surface area (TPSA) is 57.6 Å². The molecular formula is C11H13NO3. The lowest BCUT2D eigenvalue weighted by molar-refractivity contribution is -0.117. The molecule has 0 bridgehead atoms. The zero-order valence-electron chi connectivity index (χ0n) is 8.51. The first-order valence-electron chi connectivity index (χ1n) is 4.56. The average molecular weight is 207 g/mol. The van der Waals surface area contributed by atoms with E-state index in [0.717, 1.165) is 12.0 Å². The van der Waals surface area contributed by atoms with Crippen LogP contribution in [0, 0.1) is 0 Å². The van der Waals surface area contributed by atoms with E-state index >= 15 is 0 Å². The molecule has 0 aliphatic heterocycles. The molecule has 15 heavy (non-hydrogen) atoms. The molecule has 0 heterocycles. The van der Waals surface area contributed by atoms with Gasteiger partial charge in [0.2, 0.25) is 6.41 Å². The van der Waals surface area contributed by atoms with E-state index in [0.29, 0.717) is 12.1 Å². The van der Waals surface area contributed by atoms with E-state index in [1.165, 1.54) is 4.90 Å². The van der Waals surface area contributed by atoms with E-state index in [-0.39, 0.29) is 5.78 Å². The van der Waals surface area contributed by atoms with Crippen LogP contribution in [-0.2, 0) is 11.3 Å². The highest BCUT2D eigenvalue weighted by atomic mass is 16.3. The lowest BCUT2D eigenvalue weighted by Gasteiger charge is -2.10. The number of hydrogen-bond donors (Lipinski definition) is 1. The van der Waals surface area contributed by atoms with Crippen LogP contribution in [0.5, 0.6) is 0 Å². The van der Waals surface area contributed by atoms with Crippen molar-refractivity contribution in [2.45, 2.75) is 6.54 Å². The summed E-state index contributed by atoms with van der Waals surface area (Å²) in [6.07, 6.45) is 0.743. The molecule has 4 heteroatoms. The molecule has 1 rings (SSSR count). The minimum absolute atomic E-state index is 0.301. The van der Waals surface area contributed by atoms with Gasteiger partial charge in [-0.15, -0.1) is 0 Å². The van der Waals surface area contributed by atoms with Gasteiger partial charge in [0, 0.05) is 19.2 Å². The summed E-state index contributed by atoms with van der Waals surface area (Å²) in [4.78, 5) is 23.0. The summed E-state index contributed by atoms with van der Waals surface area (Å²) < 4.78 is 0. The molecule has 0 atom stereocenters. The van der Waals surface area contributed by atoms with Crippen molar-refractivity contribution in [2.75, 3.05) is 13.7 Å². The lowest BCUT2D eigenvalue weighted by atomic mass is 10.1. The van der Waals surface area contributed by atoms with Gasteiger partial charge >= 0.3 is 0 Å². The SMILES string of the molecule is CN(C=O)Cc1ccc(C(=O)CO)cc1. The van der Waals surface area contributed by atoms with Crippen molar-refractivity contribution in [3.63, 3.8) is 0 Å². The highest BCUT2D eigenvalue weighted by Gasteiger charge is 2.03. The molecule has 0 radical (unpaired) electrons. The Balaban J connectivity index is 2.72. The maximum atomic E-state index is 11.1. The number of amides is 1. The summed E-state index contributed by atoms with van der Waals surface area (Å²) >= 11 is 0. The second kappa shape index (κ2) is 5.26. The van der Waals surface area contributed by atoms with Crippen molar-refractivity contribution in [1.82, 2.24) is 4.90 Å². The summed E-state index contributed by atoms with van der Waals surface area (Å²) in [7, 11) is 1.68. The van der Waals surface area contributed by atoms with Crippen LogP contribution >= 0.6 is 0 Å². The molecule has 4 nitrogen and oxygen atoms in total. The van der Waals surface area contributed by atoms with Crippen LogP contribution in [0.25, 0.3) is 0 Å². The van der Waals surface area contributed by atoms with Crippen LogP contribution in [0.4, 0.5) is 0 Å². The van der Waals surface area contributed by atoms with Gasteiger partial charge in [0.05, 0.1) is 0 Å². The molecule has 0 saturated heterocycles. The highest BCUT2D eigenvalue weighted by molar-refractivity contribution is 5.96. The fourth-order valence-corrected chi connectivity index (χ4v) is 1.21. The zero-order valence-corrected chi connectivity index (χ0v) is 8.51. The second-order valence-corrected chi connectivity index (χ2v) is 3.30. The Morgan fingerprint density at radius 3 is 2.47 bits per heavy atom. The number of ketones is 1. The molecule has 80 valence electrons. The van der Waals surface area contributed by atoms with Crippen molar-refractivity contribution in [3.05, 3.63) is 35.4 Å². The third kappa shape index (κ3) is 3.18. The Bertz CT molecular complexity index is 345. The number of benzene rings is 1. The molecule has 1 N–H and O–H groups in total. The van der Waals surface area contributed by atoms with Crippen molar-refractivity contribution in [2.24, 2.45) is 0 Å². The largest absolute Gasteiger partial charge is 0.388 e. The van der Waals surface area contributed by atoms with Gasteiger partial charge in [-0.3, -0.25) is 9.59 Å². The first-order valence-corrected chi connectivity index (χ1v) is 4.56. The Labute approximate surface area is 88.1 Å². The van der Waals surface area contributed by atoms with Crippen LogP contribution in [0.1, 0.15) is 15.9 Å². The molecule has 0 aliphatic carbocycles. The molecule has 1 aromatic rings. The van der Waals surface area contributed by atoms with Crippen molar-refractivity contribution in [1.29, 1.82) is 0 Å². The van der Waals surface area contributed by atoms with E-state index in [2.05, 4.69) is 0 Å². The second-order valence-electron chi connectivity index (χ2n) is 3.30. The first kappa shape index (κ1) is 11.4. The monoisotopic (exact) mass is 207 g/mol. The fourth-order valence-electron chi connectivity index (χ4n) is 1.21. The van der Waals surface area contributed by atoms with Gasteiger partial charge in [-0.1, -0.05) is 24.3 Å². The van der Waals surface area contributed by atoms with Gasteiger partial charge in [0.15, 0.2) is 5.78 Å². The van der Waals surface area contributed by atoms with Gasteiger partial charge in [0.25, 0.3) is 0 Å². The third-order valence-electron chi connectivity index (χ3n) is 2.03. The predicted octanol–water partition coefficient (Wildman–Crippen LogP) is 0.450. The highest BCUT2D eigenvalue weighted by Crippen LogP contribution is 2.06. The minimum atomic E-state index is -0.479.